The van der Waals surface area contributed by atoms with Gasteiger partial charge in [0.1, 0.15) is 12.6 Å². The van der Waals surface area contributed by atoms with Crippen LogP contribution in [0.1, 0.15) is 110 Å². The van der Waals surface area contributed by atoms with E-state index in [0.29, 0.717) is 18.8 Å². The average molecular weight is 895 g/mol. The van der Waals surface area contributed by atoms with Gasteiger partial charge in [-0.15, -0.1) is 0 Å². The summed E-state index contributed by atoms with van der Waals surface area (Å²) < 4.78 is 50.3. The van der Waals surface area contributed by atoms with Crippen molar-refractivity contribution in [1.82, 2.24) is 10.2 Å². The number of carbonyl (C=O) groups excluding carboxylic acids is 3. The highest BCUT2D eigenvalue weighted by Crippen LogP contribution is 2.61. The first kappa shape index (κ1) is 47.5. The first-order chi connectivity index (χ1) is 30.2. The third-order valence-corrected chi connectivity index (χ3v) is 15.4. The Kier molecular flexibility index (Phi) is 15.4. The Morgan fingerprint density at radius 1 is 0.952 bits per heavy atom. The van der Waals surface area contributed by atoms with Gasteiger partial charge in [0.15, 0.2) is 24.0 Å². The van der Waals surface area contributed by atoms with Crippen LogP contribution >= 0.6 is 7.60 Å². The van der Waals surface area contributed by atoms with Gasteiger partial charge in [-0.05, 0) is 75.3 Å². The summed E-state index contributed by atoms with van der Waals surface area (Å²) in [5.74, 6) is -0.154. The number of amides is 2. The van der Waals surface area contributed by atoms with E-state index in [-0.39, 0.29) is 68.7 Å². The lowest BCUT2D eigenvalue weighted by atomic mass is 9.58. The first-order valence-electron chi connectivity index (χ1n) is 23.0. The Labute approximate surface area is 372 Å². The molecule has 15 heteroatoms. The molecule has 2 aromatic carbocycles. The van der Waals surface area contributed by atoms with Crippen molar-refractivity contribution in [2.24, 2.45) is 29.6 Å². The van der Waals surface area contributed by atoms with Gasteiger partial charge in [-0.3, -0.25) is 19.1 Å². The lowest BCUT2D eigenvalue weighted by molar-refractivity contribution is -0.578. The number of hydrogen-bond acceptors (Lipinski definition) is 12. The molecule has 1 saturated carbocycles. The van der Waals surface area contributed by atoms with E-state index in [4.69, 9.17) is 37.8 Å². The van der Waals surface area contributed by atoms with Gasteiger partial charge in [-0.1, -0.05) is 94.4 Å². The molecule has 2 bridgehead atoms. The maximum Gasteiger partial charge on any atom is 0.410 e. The first-order valence-corrected chi connectivity index (χ1v) is 24.6. The highest BCUT2D eigenvalue weighted by Gasteiger charge is 2.69. The molecule has 12 atom stereocenters. The maximum atomic E-state index is 14.6. The van der Waals surface area contributed by atoms with Crippen molar-refractivity contribution in [2.45, 2.75) is 148 Å². The number of hydrogen-bond donors (Lipinski definition) is 1. The second kappa shape index (κ2) is 20.4. The molecule has 5 heterocycles. The standard InChI is InChI=1S/C48H67N2O12P/c1-8-56-63(54,57-9-2)25-23-36(35-18-14-11-15-19-35)27-42(51)40(26-31(3)4)49-43(52)41-28-37(29-50(41)46(53)55-30-34-16-12-10-13-17-34)58-44-33(6)39-21-20-32(5)38-22-24-47(7)60-45(59-44)48(38,39)62-61-47/h10-19,23,25,31-33,36-41,44-45H,8-9,20-22,24,26-30H2,1-7H3,(H,49,52)/b25-23+/t32-,33-,36-,37-,38+,39+,40+,41+,44+,45-,47+,48-/m1/s1. The Bertz CT molecular complexity index is 1940. The van der Waals surface area contributed by atoms with Gasteiger partial charge in [0.05, 0.1) is 31.9 Å². The molecule has 8 rings (SSSR count). The molecule has 14 nitrogen and oxygen atoms in total. The molecule has 6 fully saturated rings. The van der Waals surface area contributed by atoms with E-state index < -0.39 is 67.7 Å². The van der Waals surface area contributed by atoms with Crippen LogP contribution in [0.15, 0.2) is 72.6 Å². The van der Waals surface area contributed by atoms with E-state index in [0.717, 1.165) is 30.4 Å². The van der Waals surface area contributed by atoms with Crippen molar-refractivity contribution >= 4 is 25.4 Å². The minimum Gasteiger partial charge on any atom is -0.445 e. The number of Topliss-reactive ketones (excluding diaryl/α,β-unsaturated/α-hetero) is 1. The van der Waals surface area contributed by atoms with E-state index in [1.165, 1.54) is 10.7 Å². The van der Waals surface area contributed by atoms with Crippen LogP contribution in [0, 0.1) is 29.6 Å². The Morgan fingerprint density at radius 3 is 2.33 bits per heavy atom. The van der Waals surface area contributed by atoms with E-state index in [9.17, 15) is 18.9 Å². The summed E-state index contributed by atoms with van der Waals surface area (Å²) >= 11 is 0. The molecular weight excluding hydrogens is 828 g/mol. The molecule has 0 radical (unpaired) electrons. The molecule has 2 aromatic rings. The fraction of sp³-hybridized carbons (Fsp3) is 0.646. The van der Waals surface area contributed by atoms with Crippen LogP contribution in [0.3, 0.4) is 0 Å². The molecule has 5 saturated heterocycles. The number of allylic oxidation sites excluding steroid dienone is 1. The van der Waals surface area contributed by atoms with Crippen LogP contribution < -0.4 is 5.32 Å². The van der Waals surface area contributed by atoms with Gasteiger partial charge in [-0.25, -0.2) is 14.6 Å². The van der Waals surface area contributed by atoms with Crippen LogP contribution in [-0.4, -0.2) is 84.6 Å². The van der Waals surface area contributed by atoms with Crippen LogP contribution in [0.5, 0.6) is 0 Å². The third-order valence-electron chi connectivity index (χ3n) is 13.6. The molecule has 0 aromatic heterocycles. The lowest BCUT2D eigenvalue weighted by Crippen LogP contribution is -2.70. The average Bonchev–Trinajstić information content (AvgIpc) is 3.56. The van der Waals surface area contributed by atoms with Crippen molar-refractivity contribution < 1.29 is 56.7 Å². The van der Waals surface area contributed by atoms with Crippen molar-refractivity contribution in [2.75, 3.05) is 19.8 Å². The van der Waals surface area contributed by atoms with Gasteiger partial charge in [0.2, 0.25) is 11.7 Å². The maximum absolute atomic E-state index is 14.6. The fourth-order valence-electron chi connectivity index (χ4n) is 10.4. The van der Waals surface area contributed by atoms with Crippen LogP contribution in [0.25, 0.3) is 0 Å². The Hall–Kier alpha value is -3.46. The molecular formula is C48H67N2O12P. The quantitative estimate of drug-likeness (QED) is 0.112. The zero-order chi connectivity index (χ0) is 44.9. The van der Waals surface area contributed by atoms with E-state index >= 15 is 0 Å². The van der Waals surface area contributed by atoms with Gasteiger partial charge < -0.3 is 33.3 Å². The molecule has 63 heavy (non-hydrogen) atoms. The predicted octanol–water partition coefficient (Wildman–Crippen LogP) is 9.04. The summed E-state index contributed by atoms with van der Waals surface area (Å²) in [6.45, 7) is 14.2. The van der Waals surface area contributed by atoms with Crippen LogP contribution in [-0.2, 0) is 58.5 Å². The predicted molar refractivity (Wildman–Crippen MR) is 234 cm³/mol. The van der Waals surface area contributed by atoms with E-state index in [1.54, 1.807) is 19.9 Å². The summed E-state index contributed by atoms with van der Waals surface area (Å²) in [5.41, 5.74) is 0.870. The molecule has 1 spiro atoms. The summed E-state index contributed by atoms with van der Waals surface area (Å²) in [4.78, 5) is 56.7. The number of nitrogens with zero attached hydrogens (tertiary/aromatic N) is 1. The molecule has 6 aliphatic rings. The number of benzene rings is 2. The normalized spacial score (nSPS) is 32.5. The highest BCUT2D eigenvalue weighted by atomic mass is 31.2. The monoisotopic (exact) mass is 894 g/mol. The number of fused-ring (bicyclic) bond motifs is 2. The highest BCUT2D eigenvalue weighted by molar-refractivity contribution is 7.57. The lowest BCUT2D eigenvalue weighted by Gasteiger charge is -2.60. The largest absolute Gasteiger partial charge is 0.445 e. The topological polar surface area (TPSA) is 157 Å². The van der Waals surface area contributed by atoms with Crippen LogP contribution in [0.4, 0.5) is 4.79 Å². The summed E-state index contributed by atoms with van der Waals surface area (Å²) in [7, 11) is -3.56. The second-order valence-corrected chi connectivity index (χ2v) is 20.5. The number of ketones is 1. The van der Waals surface area contributed by atoms with Crippen molar-refractivity contribution in [1.29, 1.82) is 0 Å². The zero-order valence-corrected chi connectivity index (χ0v) is 38.7. The molecule has 1 aliphatic carbocycles. The second-order valence-electron chi connectivity index (χ2n) is 18.6. The van der Waals surface area contributed by atoms with Gasteiger partial charge >= 0.3 is 13.7 Å². The molecule has 2 amide bonds. The number of ether oxygens (including phenoxy) is 4. The van der Waals surface area contributed by atoms with E-state index in [1.807, 2.05) is 81.4 Å². The fourth-order valence-corrected chi connectivity index (χ4v) is 11.8. The minimum absolute atomic E-state index is 0.00586. The third kappa shape index (κ3) is 10.7. The van der Waals surface area contributed by atoms with Crippen LogP contribution in [0.2, 0.25) is 0 Å². The number of likely N-dealkylation sites (tertiary alicyclic amines) is 1. The van der Waals surface area contributed by atoms with Gasteiger partial charge in [0, 0.05) is 42.8 Å². The summed E-state index contributed by atoms with van der Waals surface area (Å²) in [6, 6.07) is 16.9. The zero-order valence-electron chi connectivity index (χ0n) is 37.9. The van der Waals surface area contributed by atoms with E-state index in [2.05, 4.69) is 19.2 Å². The SMILES string of the molecule is CCOP(=O)(/C=C/[C@H](CC(=O)[C@H](CC(C)C)NC(=O)[C@@H]1C[C@@H](O[C@H]2O[C@@H]3O[C@]4(C)CC[C@H]5[C@H](C)CC[C@@H]([C@H]2C)[C@@]35OO4)CN1C(=O)OCc1ccccc1)c1ccccc1)OCC. The number of carbonyl (C=O) groups is 3. The Balaban J connectivity index is 1.10. The number of rotatable bonds is 18. The Morgan fingerprint density at radius 2 is 1.65 bits per heavy atom. The molecule has 1 N–H and O–H groups in total. The number of nitrogens with one attached hydrogen (secondary N) is 1. The van der Waals surface area contributed by atoms with Gasteiger partial charge in [-0.2, -0.15) is 0 Å². The van der Waals surface area contributed by atoms with Crippen molar-refractivity contribution in [3.63, 3.8) is 0 Å². The molecule has 5 aliphatic heterocycles. The minimum atomic E-state index is -3.56. The summed E-state index contributed by atoms with van der Waals surface area (Å²) in [6.07, 6.45) is 3.04. The van der Waals surface area contributed by atoms with Crippen molar-refractivity contribution in [3.05, 3.63) is 83.7 Å². The van der Waals surface area contributed by atoms with Crippen molar-refractivity contribution in [3.8, 4) is 0 Å². The summed E-state index contributed by atoms with van der Waals surface area (Å²) in [5, 5.41) is 3.05. The molecule has 0 unspecified atom stereocenters. The smallest absolute Gasteiger partial charge is 0.410 e. The molecule has 346 valence electrons. The van der Waals surface area contributed by atoms with Gasteiger partial charge in [0.25, 0.3) is 0 Å².